The summed E-state index contributed by atoms with van der Waals surface area (Å²) in [5, 5.41) is 0. The Morgan fingerprint density at radius 3 is 1.14 bits per heavy atom. The quantitative estimate of drug-likeness (QED) is 0.538. The summed E-state index contributed by atoms with van der Waals surface area (Å²) in [5.41, 5.74) is 0. The van der Waals surface area contributed by atoms with Gasteiger partial charge in [-0.3, -0.25) is 8.80 Å². The van der Waals surface area contributed by atoms with Crippen LogP contribution >= 0.6 is 0 Å². The van der Waals surface area contributed by atoms with E-state index >= 15 is 0 Å². The predicted molar refractivity (Wildman–Crippen MR) is 64.9 cm³/mol. The molecule has 0 rings (SSSR count). The molecule has 0 saturated carbocycles. The van der Waals surface area contributed by atoms with Gasteiger partial charge in [-0.25, -0.2) is 0 Å². The van der Waals surface area contributed by atoms with Crippen LogP contribution in [0, 0.1) is 0 Å². The van der Waals surface area contributed by atoms with Gasteiger partial charge in [-0.1, -0.05) is 59.3 Å². The molecule has 0 N–H and O–H groups in total. The molecule has 0 bridgehead atoms. The summed E-state index contributed by atoms with van der Waals surface area (Å²) in [7, 11) is 0.0675. The van der Waals surface area contributed by atoms with Gasteiger partial charge >= 0.3 is 51.4 Å². The molecule has 0 heterocycles. The molecule has 0 amide bonds. The summed E-state index contributed by atoms with van der Waals surface area (Å²) in [6, 6.07) is 4.75. The molecule has 0 aliphatic rings. The van der Waals surface area contributed by atoms with E-state index in [1.165, 1.54) is 38.5 Å². The third-order valence-corrected chi connectivity index (χ3v) is 5.83. The van der Waals surface area contributed by atoms with Gasteiger partial charge in [0.15, 0.2) is 0 Å². The van der Waals surface area contributed by atoms with Crippen LogP contribution < -0.4 is 51.4 Å². The molecule has 0 radical (unpaired) electrons. The Labute approximate surface area is 136 Å². The second kappa shape index (κ2) is 14.9. The molecule has 0 aliphatic heterocycles. The summed E-state index contributed by atoms with van der Waals surface area (Å²) >= 11 is 0. The summed E-state index contributed by atoms with van der Waals surface area (Å²) in [6.07, 6.45) is 8.65. The number of hydrogen-bond donors (Lipinski definition) is 0. The van der Waals surface area contributed by atoms with Gasteiger partial charge in [0.25, 0.3) is 0 Å². The standard InChI is InChI=1S/C12H27Si.K/c1-4-7-10-13(11-8-5-2)12-9-6-3;/h4-12H2,1-3H3;/q-1;+1. The van der Waals surface area contributed by atoms with E-state index in [0.29, 0.717) is 0 Å². The molecule has 0 aromatic heterocycles. The Morgan fingerprint density at radius 1 is 0.643 bits per heavy atom. The van der Waals surface area contributed by atoms with Gasteiger partial charge in [-0.05, 0) is 0 Å². The number of unbranched alkanes of at least 4 members (excludes halogenated alkanes) is 3. The minimum absolute atomic E-state index is 0. The normalized spacial score (nSPS) is 10.3. The van der Waals surface area contributed by atoms with Crippen LogP contribution in [0.15, 0.2) is 0 Å². The van der Waals surface area contributed by atoms with Crippen molar-refractivity contribution < 1.29 is 51.4 Å². The molecule has 0 aromatic rings. The minimum Gasteiger partial charge on any atom is -0.260 e. The van der Waals surface area contributed by atoms with Crippen molar-refractivity contribution in [2.45, 2.75) is 77.4 Å². The van der Waals surface area contributed by atoms with Crippen LogP contribution in [0.4, 0.5) is 0 Å². The van der Waals surface area contributed by atoms with E-state index < -0.39 is 0 Å². The maximum absolute atomic E-state index is 2.32. The number of rotatable bonds is 9. The molecule has 80 valence electrons. The third kappa shape index (κ3) is 11.9. The van der Waals surface area contributed by atoms with Gasteiger partial charge in [0.05, 0.1) is 0 Å². The van der Waals surface area contributed by atoms with Crippen LogP contribution in [0.5, 0.6) is 0 Å². The van der Waals surface area contributed by atoms with Crippen molar-refractivity contribution in [3.05, 3.63) is 0 Å². The Kier molecular flexibility index (Phi) is 19.3. The van der Waals surface area contributed by atoms with E-state index in [9.17, 15) is 0 Å². The van der Waals surface area contributed by atoms with E-state index in [-0.39, 0.29) is 60.2 Å². The average Bonchev–Trinajstić information content (AvgIpc) is 2.17. The van der Waals surface area contributed by atoms with Crippen molar-refractivity contribution in [1.82, 2.24) is 0 Å². The molecular weight excluding hydrogens is 211 g/mol. The molecule has 0 atom stereocenters. The van der Waals surface area contributed by atoms with Crippen LogP contribution in [0.2, 0.25) is 18.1 Å². The fraction of sp³-hybridized carbons (Fsp3) is 1.00. The summed E-state index contributed by atoms with van der Waals surface area (Å²) in [4.78, 5) is 0. The topological polar surface area (TPSA) is 0 Å². The average molecular weight is 239 g/mol. The second-order valence-corrected chi connectivity index (χ2v) is 7.06. The fourth-order valence-electron chi connectivity index (χ4n) is 1.66. The van der Waals surface area contributed by atoms with E-state index in [2.05, 4.69) is 20.8 Å². The zero-order valence-corrected chi connectivity index (χ0v) is 15.0. The SMILES string of the molecule is CCCC[Si-](CCCC)CCCC.[K+]. The van der Waals surface area contributed by atoms with E-state index in [4.69, 9.17) is 0 Å². The van der Waals surface area contributed by atoms with Crippen LogP contribution in [-0.2, 0) is 0 Å². The van der Waals surface area contributed by atoms with Crippen molar-refractivity contribution >= 4 is 8.80 Å². The maximum Gasteiger partial charge on any atom is 1.00 e. The minimum atomic E-state index is 0. The van der Waals surface area contributed by atoms with Crippen LogP contribution in [0.25, 0.3) is 0 Å². The Bertz CT molecular complexity index is 77.3. The van der Waals surface area contributed by atoms with E-state index in [1.807, 2.05) is 0 Å². The largest absolute Gasteiger partial charge is 1.00 e. The zero-order valence-electron chi connectivity index (χ0n) is 10.9. The Balaban J connectivity index is 0. The summed E-state index contributed by atoms with van der Waals surface area (Å²) < 4.78 is 0. The van der Waals surface area contributed by atoms with Crippen molar-refractivity contribution in [3.63, 3.8) is 0 Å². The maximum atomic E-state index is 2.32. The molecule has 0 aliphatic carbocycles. The van der Waals surface area contributed by atoms with Gasteiger partial charge in [0.2, 0.25) is 0 Å². The molecular formula is C12H27KSi. The molecule has 0 aromatic carbocycles. The third-order valence-electron chi connectivity index (χ3n) is 2.65. The summed E-state index contributed by atoms with van der Waals surface area (Å²) in [5.74, 6) is 0. The van der Waals surface area contributed by atoms with Gasteiger partial charge < -0.3 is 0 Å². The molecule has 2 heteroatoms. The fourth-order valence-corrected chi connectivity index (χ4v) is 4.97. The van der Waals surface area contributed by atoms with Crippen molar-refractivity contribution in [1.29, 1.82) is 0 Å². The smallest absolute Gasteiger partial charge is 0.260 e. The molecule has 0 unspecified atom stereocenters. The molecule has 0 spiro atoms. The monoisotopic (exact) mass is 238 g/mol. The Hall–Kier alpha value is 1.85. The molecule has 0 fully saturated rings. The van der Waals surface area contributed by atoms with E-state index in [0.717, 1.165) is 0 Å². The van der Waals surface area contributed by atoms with Gasteiger partial charge in [-0.15, -0.1) is 0 Å². The van der Waals surface area contributed by atoms with Gasteiger partial charge in [-0.2, -0.15) is 18.1 Å². The van der Waals surface area contributed by atoms with E-state index in [1.54, 1.807) is 18.1 Å². The molecule has 14 heavy (non-hydrogen) atoms. The Morgan fingerprint density at radius 2 is 0.929 bits per heavy atom. The van der Waals surface area contributed by atoms with Crippen molar-refractivity contribution in [3.8, 4) is 0 Å². The van der Waals surface area contributed by atoms with Crippen LogP contribution in [-0.4, -0.2) is 8.80 Å². The van der Waals surface area contributed by atoms with Gasteiger partial charge in [0, 0.05) is 0 Å². The summed E-state index contributed by atoms with van der Waals surface area (Å²) in [6.45, 7) is 6.96. The first-order valence-corrected chi connectivity index (χ1v) is 8.30. The zero-order chi connectivity index (χ0) is 9.94. The van der Waals surface area contributed by atoms with Crippen LogP contribution in [0.3, 0.4) is 0 Å². The first kappa shape index (κ1) is 18.2. The number of hydrogen-bond acceptors (Lipinski definition) is 0. The first-order valence-electron chi connectivity index (χ1n) is 6.18. The first-order chi connectivity index (χ1) is 6.35. The van der Waals surface area contributed by atoms with Gasteiger partial charge in [0.1, 0.15) is 0 Å². The van der Waals surface area contributed by atoms with Crippen molar-refractivity contribution in [2.75, 3.05) is 0 Å². The molecule has 0 nitrogen and oxygen atoms in total. The molecule has 0 saturated heterocycles. The second-order valence-electron chi connectivity index (χ2n) is 4.06. The predicted octanol–water partition coefficient (Wildman–Crippen LogP) is 1.89. The van der Waals surface area contributed by atoms with Crippen molar-refractivity contribution in [2.24, 2.45) is 0 Å². The van der Waals surface area contributed by atoms with Crippen LogP contribution in [0.1, 0.15) is 59.3 Å².